The van der Waals surface area contributed by atoms with Crippen LogP contribution in [0.25, 0.3) is 0 Å². The number of rotatable bonds is 1. The molecular weight excluding hydrogens is 136 g/mol. The molecule has 1 N–H and O–H groups in total. The molecule has 0 aromatic rings. The molecule has 1 heteroatoms. The Morgan fingerprint density at radius 3 is 2.27 bits per heavy atom. The maximum atomic E-state index is 9.81. The Kier molecular flexibility index (Phi) is 1.26. The van der Waals surface area contributed by atoms with Crippen LogP contribution in [0, 0.1) is 17.3 Å². The monoisotopic (exact) mass is 154 g/mol. The number of hydrogen-bond acceptors (Lipinski definition) is 1. The van der Waals surface area contributed by atoms with Gasteiger partial charge in [0.25, 0.3) is 0 Å². The molecule has 2 aliphatic carbocycles. The molecule has 2 rings (SSSR count). The summed E-state index contributed by atoms with van der Waals surface area (Å²) in [7, 11) is 0. The van der Waals surface area contributed by atoms with E-state index < -0.39 is 0 Å². The zero-order valence-corrected chi connectivity index (χ0v) is 7.72. The highest BCUT2D eigenvalue weighted by atomic mass is 16.3. The van der Waals surface area contributed by atoms with Crippen molar-refractivity contribution in [2.75, 3.05) is 0 Å². The van der Waals surface area contributed by atoms with Crippen molar-refractivity contribution in [3.63, 3.8) is 0 Å². The van der Waals surface area contributed by atoms with E-state index in [1.165, 1.54) is 6.42 Å². The molecule has 2 fully saturated rings. The molecule has 0 saturated heterocycles. The molecule has 0 aromatic carbocycles. The first-order valence-corrected chi connectivity index (χ1v) is 4.69. The third kappa shape index (κ3) is 0.936. The highest BCUT2D eigenvalue weighted by Crippen LogP contribution is 2.69. The van der Waals surface area contributed by atoms with Crippen molar-refractivity contribution in [3.8, 4) is 0 Å². The summed E-state index contributed by atoms with van der Waals surface area (Å²) in [5, 5.41) is 9.81. The minimum Gasteiger partial charge on any atom is -0.390 e. The summed E-state index contributed by atoms with van der Waals surface area (Å²) in [6.07, 6.45) is 3.47. The van der Waals surface area contributed by atoms with Gasteiger partial charge in [0.2, 0.25) is 0 Å². The molecule has 0 radical (unpaired) electrons. The largest absolute Gasteiger partial charge is 0.390 e. The second kappa shape index (κ2) is 1.82. The van der Waals surface area contributed by atoms with Crippen molar-refractivity contribution >= 4 is 0 Å². The fourth-order valence-electron chi connectivity index (χ4n) is 3.12. The molecule has 0 heterocycles. The number of aliphatic hydroxyl groups is 1. The molecular formula is C10H18O. The molecule has 0 aromatic heterocycles. The quantitative estimate of drug-likeness (QED) is 0.614. The lowest BCUT2D eigenvalue weighted by Crippen LogP contribution is -2.24. The minimum atomic E-state index is -0.340. The average Bonchev–Trinajstić information content (AvgIpc) is 2.35. The summed E-state index contributed by atoms with van der Waals surface area (Å²) in [6, 6.07) is 0. The molecule has 0 bridgehead atoms. The van der Waals surface area contributed by atoms with E-state index in [0.717, 1.165) is 24.7 Å². The lowest BCUT2D eigenvalue weighted by atomic mass is 9.86. The zero-order chi connectivity index (χ0) is 8.28. The molecule has 0 spiro atoms. The van der Waals surface area contributed by atoms with Crippen molar-refractivity contribution in [2.24, 2.45) is 17.3 Å². The van der Waals surface area contributed by atoms with Crippen LogP contribution >= 0.6 is 0 Å². The van der Waals surface area contributed by atoms with Gasteiger partial charge < -0.3 is 5.11 Å². The van der Waals surface area contributed by atoms with Gasteiger partial charge in [-0.1, -0.05) is 13.8 Å². The first kappa shape index (κ1) is 7.60. The molecule has 0 aliphatic heterocycles. The van der Waals surface area contributed by atoms with E-state index in [9.17, 15) is 5.11 Å². The van der Waals surface area contributed by atoms with Crippen LogP contribution in [0.2, 0.25) is 0 Å². The van der Waals surface area contributed by atoms with Gasteiger partial charge in [-0.05, 0) is 43.4 Å². The second-order valence-corrected chi connectivity index (χ2v) is 5.17. The summed E-state index contributed by atoms with van der Waals surface area (Å²) in [5.41, 5.74) is 0.205. The summed E-state index contributed by atoms with van der Waals surface area (Å²) < 4.78 is 0. The van der Waals surface area contributed by atoms with Crippen LogP contribution in [0.5, 0.6) is 0 Å². The van der Waals surface area contributed by atoms with Gasteiger partial charge in [0.15, 0.2) is 0 Å². The third-order valence-electron chi connectivity index (χ3n) is 3.83. The van der Waals surface area contributed by atoms with Gasteiger partial charge >= 0.3 is 0 Å². The summed E-state index contributed by atoms with van der Waals surface area (Å²) in [5.74, 6) is 1.61. The Balaban J connectivity index is 2.13. The standard InChI is InChI=1S/C10H18O/c1-7(2)10-5-8(10)4-9(3,11)6-10/h7-8,11H,4-6H2,1-3H3/t8-,9-,10-/m0/s1. The van der Waals surface area contributed by atoms with Crippen LogP contribution in [0.4, 0.5) is 0 Å². The normalized spacial score (nSPS) is 54.8. The summed E-state index contributed by atoms with van der Waals surface area (Å²) in [4.78, 5) is 0. The topological polar surface area (TPSA) is 20.2 Å². The van der Waals surface area contributed by atoms with E-state index in [-0.39, 0.29) is 5.60 Å². The van der Waals surface area contributed by atoms with E-state index in [0.29, 0.717) is 5.41 Å². The van der Waals surface area contributed by atoms with Crippen LogP contribution in [-0.2, 0) is 0 Å². The average molecular weight is 154 g/mol. The Morgan fingerprint density at radius 2 is 2.00 bits per heavy atom. The van der Waals surface area contributed by atoms with Crippen molar-refractivity contribution < 1.29 is 5.11 Å². The zero-order valence-electron chi connectivity index (χ0n) is 7.72. The van der Waals surface area contributed by atoms with E-state index in [4.69, 9.17) is 0 Å². The Morgan fingerprint density at radius 1 is 1.36 bits per heavy atom. The first-order valence-electron chi connectivity index (χ1n) is 4.69. The number of hydrogen-bond donors (Lipinski definition) is 1. The Labute approximate surface area is 68.8 Å². The summed E-state index contributed by atoms with van der Waals surface area (Å²) >= 11 is 0. The lowest BCUT2D eigenvalue weighted by Gasteiger charge is -2.23. The molecule has 3 atom stereocenters. The van der Waals surface area contributed by atoms with Crippen molar-refractivity contribution in [2.45, 2.75) is 45.6 Å². The molecule has 0 amide bonds. The Hall–Kier alpha value is -0.0400. The highest BCUT2D eigenvalue weighted by molar-refractivity contribution is 5.14. The highest BCUT2D eigenvalue weighted by Gasteiger charge is 2.64. The summed E-state index contributed by atoms with van der Waals surface area (Å²) in [6.45, 7) is 6.58. The smallest absolute Gasteiger partial charge is 0.0628 e. The number of fused-ring (bicyclic) bond motifs is 1. The molecule has 1 nitrogen and oxygen atoms in total. The van der Waals surface area contributed by atoms with Gasteiger partial charge in [-0.3, -0.25) is 0 Å². The first-order chi connectivity index (χ1) is 4.96. The van der Waals surface area contributed by atoms with Crippen molar-refractivity contribution in [1.29, 1.82) is 0 Å². The fraction of sp³-hybridized carbons (Fsp3) is 1.00. The van der Waals surface area contributed by atoms with Gasteiger partial charge in [-0.15, -0.1) is 0 Å². The van der Waals surface area contributed by atoms with Crippen LogP contribution in [0.1, 0.15) is 40.0 Å². The van der Waals surface area contributed by atoms with Crippen LogP contribution in [0.15, 0.2) is 0 Å². The van der Waals surface area contributed by atoms with Crippen molar-refractivity contribution in [3.05, 3.63) is 0 Å². The minimum absolute atomic E-state index is 0.340. The molecule has 11 heavy (non-hydrogen) atoms. The lowest BCUT2D eigenvalue weighted by molar-refractivity contribution is 0.0426. The van der Waals surface area contributed by atoms with Gasteiger partial charge in [0.1, 0.15) is 0 Å². The van der Waals surface area contributed by atoms with E-state index in [1.54, 1.807) is 0 Å². The van der Waals surface area contributed by atoms with Crippen LogP contribution in [0.3, 0.4) is 0 Å². The van der Waals surface area contributed by atoms with Gasteiger partial charge in [-0.25, -0.2) is 0 Å². The predicted octanol–water partition coefficient (Wildman–Crippen LogP) is 2.19. The van der Waals surface area contributed by atoms with Crippen LogP contribution in [-0.4, -0.2) is 10.7 Å². The molecule has 2 aliphatic rings. The maximum Gasteiger partial charge on any atom is 0.0628 e. The second-order valence-electron chi connectivity index (χ2n) is 5.17. The predicted molar refractivity (Wildman–Crippen MR) is 45.2 cm³/mol. The molecule has 64 valence electrons. The fourth-order valence-corrected chi connectivity index (χ4v) is 3.12. The SMILES string of the molecule is CC(C)[C@@]12C[C@@H]1C[C@](C)(O)C2. The van der Waals surface area contributed by atoms with E-state index in [1.807, 2.05) is 6.92 Å². The van der Waals surface area contributed by atoms with Gasteiger partial charge in [0, 0.05) is 0 Å². The molecule has 0 unspecified atom stereocenters. The van der Waals surface area contributed by atoms with E-state index >= 15 is 0 Å². The van der Waals surface area contributed by atoms with Gasteiger partial charge in [0.05, 0.1) is 5.60 Å². The molecule has 2 saturated carbocycles. The van der Waals surface area contributed by atoms with E-state index in [2.05, 4.69) is 13.8 Å². The van der Waals surface area contributed by atoms with Crippen LogP contribution < -0.4 is 0 Å². The van der Waals surface area contributed by atoms with Crippen molar-refractivity contribution in [1.82, 2.24) is 0 Å². The Bertz CT molecular complexity index is 183. The third-order valence-corrected chi connectivity index (χ3v) is 3.83. The van der Waals surface area contributed by atoms with Gasteiger partial charge in [-0.2, -0.15) is 0 Å². The maximum absolute atomic E-state index is 9.81.